The van der Waals surface area contributed by atoms with Crippen LogP contribution in [0.2, 0.25) is 0 Å². The standard InChI is InChI=1S/C20H23FN4O2/c1-15(26)24-10-12-25(13-11-24)20(27)17-4-7-19(23-14-17)22-9-8-16-2-5-18(21)6-3-16/h2-7,14H,8-13H2,1H3,(H,22,23). The molecule has 0 unspecified atom stereocenters. The summed E-state index contributed by atoms with van der Waals surface area (Å²) < 4.78 is 12.9. The van der Waals surface area contributed by atoms with E-state index < -0.39 is 0 Å². The molecule has 1 aromatic carbocycles. The highest BCUT2D eigenvalue weighted by molar-refractivity contribution is 5.94. The summed E-state index contributed by atoms with van der Waals surface area (Å²) in [6.07, 6.45) is 2.32. The van der Waals surface area contributed by atoms with Gasteiger partial charge in [-0.15, -0.1) is 0 Å². The van der Waals surface area contributed by atoms with Gasteiger partial charge in [-0.3, -0.25) is 9.59 Å². The first kappa shape index (κ1) is 18.8. The van der Waals surface area contributed by atoms with E-state index >= 15 is 0 Å². The Bertz CT molecular complexity index is 785. The molecule has 0 saturated carbocycles. The van der Waals surface area contributed by atoms with Crippen LogP contribution in [0.5, 0.6) is 0 Å². The molecular weight excluding hydrogens is 347 g/mol. The van der Waals surface area contributed by atoms with Gasteiger partial charge in [0.2, 0.25) is 5.91 Å². The molecule has 27 heavy (non-hydrogen) atoms. The zero-order valence-corrected chi connectivity index (χ0v) is 15.3. The molecule has 2 amide bonds. The largest absolute Gasteiger partial charge is 0.370 e. The summed E-state index contributed by atoms with van der Waals surface area (Å²) in [6, 6.07) is 9.96. The maximum atomic E-state index is 12.9. The van der Waals surface area contributed by atoms with Gasteiger partial charge >= 0.3 is 0 Å². The number of piperazine rings is 1. The van der Waals surface area contributed by atoms with E-state index in [0.717, 1.165) is 12.0 Å². The van der Waals surface area contributed by atoms with Crippen LogP contribution in [0.3, 0.4) is 0 Å². The van der Waals surface area contributed by atoms with E-state index in [-0.39, 0.29) is 17.6 Å². The number of rotatable bonds is 5. The predicted octanol–water partition coefficient (Wildman–Crippen LogP) is 2.18. The summed E-state index contributed by atoms with van der Waals surface area (Å²) in [7, 11) is 0. The van der Waals surface area contributed by atoms with Crippen molar-refractivity contribution in [2.75, 3.05) is 38.0 Å². The molecule has 2 aromatic rings. The molecule has 1 saturated heterocycles. The fourth-order valence-corrected chi connectivity index (χ4v) is 3.02. The second-order valence-electron chi connectivity index (χ2n) is 6.53. The fraction of sp³-hybridized carbons (Fsp3) is 0.350. The lowest BCUT2D eigenvalue weighted by atomic mass is 10.1. The Labute approximate surface area is 158 Å². The maximum Gasteiger partial charge on any atom is 0.255 e. The molecule has 0 aliphatic carbocycles. The van der Waals surface area contributed by atoms with Gasteiger partial charge in [0, 0.05) is 45.8 Å². The third-order valence-corrected chi connectivity index (χ3v) is 4.66. The minimum atomic E-state index is -0.240. The SMILES string of the molecule is CC(=O)N1CCN(C(=O)c2ccc(NCCc3ccc(F)cc3)nc2)CC1. The number of hydrogen-bond acceptors (Lipinski definition) is 4. The molecule has 142 valence electrons. The number of aromatic nitrogens is 1. The number of benzene rings is 1. The Hall–Kier alpha value is -2.96. The van der Waals surface area contributed by atoms with Gasteiger partial charge in [0.25, 0.3) is 5.91 Å². The van der Waals surface area contributed by atoms with E-state index in [1.165, 1.54) is 12.1 Å². The van der Waals surface area contributed by atoms with E-state index in [1.807, 2.05) is 0 Å². The number of carbonyl (C=O) groups is 2. The first-order valence-electron chi connectivity index (χ1n) is 9.02. The van der Waals surface area contributed by atoms with Crippen LogP contribution >= 0.6 is 0 Å². The van der Waals surface area contributed by atoms with Crippen LogP contribution in [0.25, 0.3) is 0 Å². The molecule has 1 aromatic heterocycles. The highest BCUT2D eigenvalue weighted by atomic mass is 19.1. The quantitative estimate of drug-likeness (QED) is 0.876. The van der Waals surface area contributed by atoms with Crippen LogP contribution in [-0.2, 0) is 11.2 Å². The Kier molecular flexibility index (Phi) is 6.01. The van der Waals surface area contributed by atoms with Crippen LogP contribution < -0.4 is 5.32 Å². The number of pyridine rings is 1. The number of anilines is 1. The van der Waals surface area contributed by atoms with Gasteiger partial charge in [0.1, 0.15) is 11.6 Å². The Morgan fingerprint density at radius 3 is 2.30 bits per heavy atom. The number of carbonyl (C=O) groups excluding carboxylic acids is 2. The number of hydrogen-bond donors (Lipinski definition) is 1. The van der Waals surface area contributed by atoms with E-state index in [9.17, 15) is 14.0 Å². The van der Waals surface area contributed by atoms with Crippen molar-refractivity contribution in [2.45, 2.75) is 13.3 Å². The molecule has 2 heterocycles. The zero-order chi connectivity index (χ0) is 19.2. The van der Waals surface area contributed by atoms with Gasteiger partial charge in [-0.2, -0.15) is 0 Å². The van der Waals surface area contributed by atoms with E-state index in [1.54, 1.807) is 47.2 Å². The minimum absolute atomic E-state index is 0.0415. The molecule has 1 fully saturated rings. The van der Waals surface area contributed by atoms with Crippen molar-refractivity contribution in [3.05, 3.63) is 59.5 Å². The summed E-state index contributed by atoms with van der Waals surface area (Å²) in [4.78, 5) is 31.7. The molecule has 0 radical (unpaired) electrons. The summed E-state index contributed by atoms with van der Waals surface area (Å²) >= 11 is 0. The van der Waals surface area contributed by atoms with Crippen molar-refractivity contribution in [1.29, 1.82) is 0 Å². The predicted molar refractivity (Wildman–Crippen MR) is 101 cm³/mol. The van der Waals surface area contributed by atoms with Gasteiger partial charge in [0.05, 0.1) is 5.56 Å². The molecule has 0 spiro atoms. The fourth-order valence-electron chi connectivity index (χ4n) is 3.02. The van der Waals surface area contributed by atoms with Crippen molar-refractivity contribution in [1.82, 2.24) is 14.8 Å². The Balaban J connectivity index is 1.48. The molecule has 1 aliphatic heterocycles. The van der Waals surface area contributed by atoms with Crippen LogP contribution in [0.4, 0.5) is 10.2 Å². The lowest BCUT2D eigenvalue weighted by molar-refractivity contribution is -0.130. The molecule has 0 atom stereocenters. The van der Waals surface area contributed by atoms with Crippen molar-refractivity contribution in [2.24, 2.45) is 0 Å². The normalized spacial score (nSPS) is 14.1. The van der Waals surface area contributed by atoms with Crippen LogP contribution in [0.1, 0.15) is 22.8 Å². The van der Waals surface area contributed by atoms with Crippen molar-refractivity contribution < 1.29 is 14.0 Å². The number of nitrogens with one attached hydrogen (secondary N) is 1. The number of halogens is 1. The molecule has 7 heteroatoms. The zero-order valence-electron chi connectivity index (χ0n) is 15.3. The van der Waals surface area contributed by atoms with Crippen LogP contribution in [0, 0.1) is 5.82 Å². The lowest BCUT2D eigenvalue weighted by Crippen LogP contribution is -2.50. The number of nitrogens with zero attached hydrogens (tertiary/aromatic N) is 3. The summed E-state index contributed by atoms with van der Waals surface area (Å²) in [5.74, 6) is 0.426. The van der Waals surface area contributed by atoms with Crippen molar-refractivity contribution in [3.63, 3.8) is 0 Å². The summed E-state index contributed by atoms with van der Waals surface area (Å²) in [5, 5.41) is 3.20. The Morgan fingerprint density at radius 2 is 1.70 bits per heavy atom. The van der Waals surface area contributed by atoms with Gasteiger partial charge in [-0.1, -0.05) is 12.1 Å². The molecule has 1 aliphatic rings. The van der Waals surface area contributed by atoms with Gasteiger partial charge in [-0.05, 0) is 36.2 Å². The monoisotopic (exact) mass is 370 g/mol. The maximum absolute atomic E-state index is 12.9. The second kappa shape index (κ2) is 8.62. The Morgan fingerprint density at radius 1 is 1.04 bits per heavy atom. The van der Waals surface area contributed by atoms with Gasteiger partial charge < -0.3 is 15.1 Å². The molecule has 1 N–H and O–H groups in total. The average molecular weight is 370 g/mol. The van der Waals surface area contributed by atoms with Crippen molar-refractivity contribution >= 4 is 17.6 Å². The minimum Gasteiger partial charge on any atom is -0.370 e. The smallest absolute Gasteiger partial charge is 0.255 e. The first-order chi connectivity index (χ1) is 13.0. The third kappa shape index (κ3) is 5.03. The van der Waals surface area contributed by atoms with Gasteiger partial charge in [0.15, 0.2) is 0 Å². The highest BCUT2D eigenvalue weighted by Crippen LogP contribution is 2.11. The third-order valence-electron chi connectivity index (χ3n) is 4.66. The first-order valence-corrected chi connectivity index (χ1v) is 9.02. The average Bonchev–Trinajstić information content (AvgIpc) is 2.69. The summed E-state index contributed by atoms with van der Waals surface area (Å²) in [5.41, 5.74) is 1.58. The van der Waals surface area contributed by atoms with Crippen molar-refractivity contribution in [3.8, 4) is 0 Å². The molecule has 6 nitrogen and oxygen atoms in total. The molecular formula is C20H23FN4O2. The molecule has 0 bridgehead atoms. The molecule has 3 rings (SSSR count). The highest BCUT2D eigenvalue weighted by Gasteiger charge is 2.23. The van der Waals surface area contributed by atoms with E-state index in [4.69, 9.17) is 0 Å². The number of amides is 2. The van der Waals surface area contributed by atoms with E-state index in [0.29, 0.717) is 44.1 Å². The summed E-state index contributed by atoms with van der Waals surface area (Å²) in [6.45, 7) is 4.42. The topological polar surface area (TPSA) is 65.5 Å². The van der Waals surface area contributed by atoms with Crippen LogP contribution in [-0.4, -0.2) is 59.3 Å². The second-order valence-corrected chi connectivity index (χ2v) is 6.53. The lowest BCUT2D eigenvalue weighted by Gasteiger charge is -2.34. The van der Waals surface area contributed by atoms with Crippen LogP contribution in [0.15, 0.2) is 42.6 Å². The van der Waals surface area contributed by atoms with E-state index in [2.05, 4.69) is 10.3 Å². The van der Waals surface area contributed by atoms with Gasteiger partial charge in [-0.25, -0.2) is 9.37 Å².